The van der Waals surface area contributed by atoms with E-state index in [1.807, 2.05) is 0 Å². The molecule has 23 heavy (non-hydrogen) atoms. The van der Waals surface area contributed by atoms with E-state index in [2.05, 4.69) is 21.2 Å². The summed E-state index contributed by atoms with van der Waals surface area (Å²) >= 11 is 3.14. The van der Waals surface area contributed by atoms with Crippen LogP contribution in [0.2, 0.25) is 0 Å². The van der Waals surface area contributed by atoms with Gasteiger partial charge in [-0.25, -0.2) is 4.39 Å². The first-order chi connectivity index (χ1) is 10.9. The first kappa shape index (κ1) is 17.7. The molecule has 0 bridgehead atoms. The maximum atomic E-state index is 13.0. The zero-order valence-electron chi connectivity index (χ0n) is 12.3. The molecule has 1 aliphatic heterocycles. The topological polar surface area (TPSA) is 84.9 Å². The van der Waals surface area contributed by atoms with Gasteiger partial charge in [0.25, 0.3) is 5.91 Å². The van der Waals surface area contributed by atoms with Crippen LogP contribution in [0.3, 0.4) is 0 Å². The van der Waals surface area contributed by atoms with Crippen LogP contribution in [-0.4, -0.2) is 43.3 Å². The fourth-order valence-corrected chi connectivity index (χ4v) is 2.75. The first-order valence-electron chi connectivity index (χ1n) is 7.09. The second-order valence-electron chi connectivity index (χ2n) is 5.34. The summed E-state index contributed by atoms with van der Waals surface area (Å²) in [5.41, 5.74) is -0.996. The van der Waals surface area contributed by atoms with Crippen molar-refractivity contribution in [1.82, 2.24) is 5.32 Å². The normalized spacial score (nSPS) is 16.6. The molecular formula is C15H17BrFNO5. The van der Waals surface area contributed by atoms with Gasteiger partial charge in [0.2, 0.25) is 0 Å². The summed E-state index contributed by atoms with van der Waals surface area (Å²) in [6, 6.07) is 3.86. The number of hydrogen-bond acceptors (Lipinski definition) is 4. The van der Waals surface area contributed by atoms with Crippen LogP contribution in [0, 0.1) is 11.2 Å². The third-order valence-electron chi connectivity index (χ3n) is 3.78. The van der Waals surface area contributed by atoms with Crippen LogP contribution in [0.5, 0.6) is 5.75 Å². The molecule has 0 saturated carbocycles. The zero-order valence-corrected chi connectivity index (χ0v) is 13.9. The van der Waals surface area contributed by atoms with Crippen molar-refractivity contribution in [3.63, 3.8) is 0 Å². The summed E-state index contributed by atoms with van der Waals surface area (Å²) in [4.78, 5) is 23.3. The maximum Gasteiger partial charge on any atom is 0.311 e. The minimum atomic E-state index is -0.996. The van der Waals surface area contributed by atoms with Crippen molar-refractivity contribution in [2.24, 2.45) is 5.41 Å². The Morgan fingerprint density at radius 2 is 2.09 bits per heavy atom. The molecule has 1 aromatic rings. The number of hydrogen-bond donors (Lipinski definition) is 2. The van der Waals surface area contributed by atoms with E-state index < -0.39 is 23.1 Å². The highest BCUT2D eigenvalue weighted by Gasteiger charge is 2.40. The van der Waals surface area contributed by atoms with Gasteiger partial charge in [0, 0.05) is 19.8 Å². The van der Waals surface area contributed by atoms with Crippen molar-refractivity contribution in [1.29, 1.82) is 0 Å². The molecule has 6 nitrogen and oxygen atoms in total. The van der Waals surface area contributed by atoms with E-state index in [0.29, 0.717) is 36.3 Å². The van der Waals surface area contributed by atoms with Gasteiger partial charge >= 0.3 is 5.97 Å². The third kappa shape index (κ3) is 4.65. The molecule has 0 aliphatic carbocycles. The standard InChI is InChI=1S/C15H17BrFNO5/c16-11-7-10(17)1-2-12(11)23-8-13(19)18-9-15(14(20)21)3-5-22-6-4-15/h1-2,7H,3-6,8-9H2,(H,18,19)(H,20,21). The number of carbonyl (C=O) groups is 2. The Morgan fingerprint density at radius 1 is 1.39 bits per heavy atom. The van der Waals surface area contributed by atoms with Crippen molar-refractivity contribution >= 4 is 27.8 Å². The summed E-state index contributed by atoms with van der Waals surface area (Å²) in [6.45, 7) is 0.470. The molecule has 0 aromatic heterocycles. The number of nitrogens with one attached hydrogen (secondary N) is 1. The minimum absolute atomic E-state index is 0.0263. The lowest BCUT2D eigenvalue weighted by atomic mass is 9.80. The van der Waals surface area contributed by atoms with Crippen molar-refractivity contribution in [2.75, 3.05) is 26.4 Å². The Hall–Kier alpha value is -1.67. The number of rotatable bonds is 6. The smallest absolute Gasteiger partial charge is 0.311 e. The van der Waals surface area contributed by atoms with Crippen LogP contribution in [0.15, 0.2) is 22.7 Å². The van der Waals surface area contributed by atoms with Crippen molar-refractivity contribution in [3.05, 3.63) is 28.5 Å². The molecule has 1 amide bonds. The van der Waals surface area contributed by atoms with Crippen LogP contribution in [0.1, 0.15) is 12.8 Å². The molecule has 0 spiro atoms. The molecule has 1 fully saturated rings. The molecule has 1 aliphatic rings. The maximum absolute atomic E-state index is 13.0. The van der Waals surface area contributed by atoms with Crippen LogP contribution in [0.25, 0.3) is 0 Å². The molecule has 1 saturated heterocycles. The van der Waals surface area contributed by atoms with Crippen LogP contribution in [0.4, 0.5) is 4.39 Å². The summed E-state index contributed by atoms with van der Waals surface area (Å²) in [6.07, 6.45) is 0.708. The Labute approximate surface area is 141 Å². The summed E-state index contributed by atoms with van der Waals surface area (Å²) in [7, 11) is 0. The Morgan fingerprint density at radius 3 is 2.70 bits per heavy atom. The SMILES string of the molecule is O=C(COc1ccc(F)cc1Br)NCC1(C(=O)O)CCOCC1. The lowest BCUT2D eigenvalue weighted by Gasteiger charge is -2.33. The van der Waals surface area contributed by atoms with Crippen molar-refractivity contribution in [3.8, 4) is 5.75 Å². The number of amides is 1. The molecule has 0 unspecified atom stereocenters. The van der Waals surface area contributed by atoms with Gasteiger partial charge in [-0.05, 0) is 47.0 Å². The molecule has 126 valence electrons. The van der Waals surface area contributed by atoms with E-state index in [1.165, 1.54) is 18.2 Å². The van der Waals surface area contributed by atoms with E-state index in [0.717, 1.165) is 0 Å². The Balaban J connectivity index is 1.85. The van der Waals surface area contributed by atoms with E-state index >= 15 is 0 Å². The number of aliphatic carboxylic acids is 1. The number of carboxylic acids is 1. The van der Waals surface area contributed by atoms with Crippen LogP contribution >= 0.6 is 15.9 Å². The van der Waals surface area contributed by atoms with Gasteiger partial charge in [0.05, 0.1) is 9.89 Å². The molecular weight excluding hydrogens is 373 g/mol. The third-order valence-corrected chi connectivity index (χ3v) is 4.40. The lowest BCUT2D eigenvalue weighted by Crippen LogP contribution is -2.47. The summed E-state index contributed by atoms with van der Waals surface area (Å²) < 4.78 is 23.8. The lowest BCUT2D eigenvalue weighted by molar-refractivity contribution is -0.154. The number of carbonyl (C=O) groups excluding carboxylic acids is 1. The van der Waals surface area contributed by atoms with Gasteiger partial charge in [-0.15, -0.1) is 0 Å². The zero-order chi connectivity index (χ0) is 16.9. The minimum Gasteiger partial charge on any atom is -0.483 e. The van der Waals surface area contributed by atoms with E-state index in [-0.39, 0.29) is 13.2 Å². The highest BCUT2D eigenvalue weighted by Crippen LogP contribution is 2.30. The summed E-state index contributed by atoms with van der Waals surface area (Å²) in [5, 5.41) is 12.0. The molecule has 0 atom stereocenters. The fraction of sp³-hybridized carbons (Fsp3) is 0.467. The van der Waals surface area contributed by atoms with Gasteiger partial charge in [0.15, 0.2) is 6.61 Å². The molecule has 2 N–H and O–H groups in total. The van der Waals surface area contributed by atoms with Crippen molar-refractivity contribution < 1.29 is 28.6 Å². The Bertz CT molecular complexity index is 589. The highest BCUT2D eigenvalue weighted by atomic mass is 79.9. The average Bonchev–Trinajstić information content (AvgIpc) is 2.53. The predicted molar refractivity (Wildman–Crippen MR) is 82.7 cm³/mol. The molecule has 0 radical (unpaired) electrons. The van der Waals surface area contributed by atoms with Gasteiger partial charge in [0.1, 0.15) is 11.6 Å². The monoisotopic (exact) mass is 389 g/mol. The second-order valence-corrected chi connectivity index (χ2v) is 6.19. The number of halogens is 2. The number of carboxylic acid groups (broad SMARTS) is 1. The largest absolute Gasteiger partial charge is 0.483 e. The van der Waals surface area contributed by atoms with E-state index in [4.69, 9.17) is 9.47 Å². The number of benzene rings is 1. The number of ether oxygens (including phenoxy) is 2. The van der Waals surface area contributed by atoms with Crippen LogP contribution < -0.4 is 10.1 Å². The quantitative estimate of drug-likeness (QED) is 0.776. The molecule has 1 heterocycles. The fourth-order valence-electron chi connectivity index (χ4n) is 2.28. The summed E-state index contributed by atoms with van der Waals surface area (Å²) in [5.74, 6) is -1.46. The highest BCUT2D eigenvalue weighted by molar-refractivity contribution is 9.10. The average molecular weight is 390 g/mol. The second kappa shape index (κ2) is 7.74. The Kier molecular flexibility index (Phi) is 5.95. The van der Waals surface area contributed by atoms with E-state index in [1.54, 1.807) is 0 Å². The van der Waals surface area contributed by atoms with Gasteiger partial charge in [-0.2, -0.15) is 0 Å². The van der Waals surface area contributed by atoms with Crippen molar-refractivity contribution in [2.45, 2.75) is 12.8 Å². The van der Waals surface area contributed by atoms with Gasteiger partial charge in [-0.1, -0.05) is 0 Å². The van der Waals surface area contributed by atoms with Gasteiger partial charge in [-0.3, -0.25) is 9.59 Å². The first-order valence-corrected chi connectivity index (χ1v) is 7.88. The predicted octanol–water partition coefficient (Wildman–Crippen LogP) is 1.96. The van der Waals surface area contributed by atoms with E-state index in [9.17, 15) is 19.1 Å². The molecule has 2 rings (SSSR count). The molecule has 1 aromatic carbocycles. The van der Waals surface area contributed by atoms with Crippen LogP contribution in [-0.2, 0) is 14.3 Å². The van der Waals surface area contributed by atoms with Gasteiger partial charge < -0.3 is 19.9 Å². The molecule has 8 heteroatoms.